The molecule has 1 aromatic carbocycles. The van der Waals surface area contributed by atoms with Crippen LogP contribution in [0, 0.1) is 17.6 Å². The van der Waals surface area contributed by atoms with E-state index in [2.05, 4.69) is 15.6 Å². The summed E-state index contributed by atoms with van der Waals surface area (Å²) in [5.41, 5.74) is -2.29. The monoisotopic (exact) mass is 590 g/mol. The van der Waals surface area contributed by atoms with E-state index in [9.17, 15) is 36.3 Å². The summed E-state index contributed by atoms with van der Waals surface area (Å²) in [6.45, 7) is 2.50. The van der Waals surface area contributed by atoms with Crippen LogP contribution in [0.25, 0.3) is 11.3 Å². The van der Waals surface area contributed by atoms with Crippen LogP contribution in [0.2, 0.25) is 0 Å². The number of carbonyl (C=O) groups is 3. The van der Waals surface area contributed by atoms with Crippen molar-refractivity contribution in [3.63, 3.8) is 0 Å². The maximum absolute atomic E-state index is 15.0. The average Bonchev–Trinajstić information content (AvgIpc) is 3.44. The fraction of sp³-hybridized carbons (Fsp3) is 0.333. The van der Waals surface area contributed by atoms with Crippen LogP contribution in [0.4, 0.5) is 27.0 Å². The van der Waals surface area contributed by atoms with Gasteiger partial charge in [0.2, 0.25) is 0 Å². The maximum atomic E-state index is 15.0. The van der Waals surface area contributed by atoms with Crippen molar-refractivity contribution < 1.29 is 41.1 Å². The molecule has 0 saturated carbocycles. The highest BCUT2D eigenvalue weighted by Gasteiger charge is 2.39. The van der Waals surface area contributed by atoms with Crippen LogP contribution < -0.4 is 15.4 Å². The number of nitrogens with one attached hydrogen (secondary N) is 2. The number of esters is 1. The fourth-order valence-electron chi connectivity index (χ4n) is 3.45. The second-order valence-electron chi connectivity index (χ2n) is 8.34. The zero-order chi connectivity index (χ0) is 29.1. The summed E-state index contributed by atoms with van der Waals surface area (Å²) in [5, 5.41) is 8.70. The van der Waals surface area contributed by atoms with Crippen LogP contribution in [0.3, 0.4) is 0 Å². The number of thiazole rings is 1. The molecule has 0 radical (unpaired) electrons. The number of ether oxygens (including phenoxy) is 1. The zero-order valence-corrected chi connectivity index (χ0v) is 22.7. The molecule has 0 atom stereocenters. The zero-order valence-electron chi connectivity index (χ0n) is 21.0. The molecule has 0 fully saturated rings. The molecular weight excluding hydrogens is 567 g/mol. The first-order valence-electron chi connectivity index (χ1n) is 11.3. The first kappa shape index (κ1) is 30.0. The van der Waals surface area contributed by atoms with Gasteiger partial charge in [-0.15, -0.1) is 22.7 Å². The van der Waals surface area contributed by atoms with E-state index >= 15 is 0 Å². The van der Waals surface area contributed by atoms with E-state index in [0.717, 1.165) is 22.0 Å². The van der Waals surface area contributed by atoms with Gasteiger partial charge in [0.1, 0.15) is 22.2 Å². The van der Waals surface area contributed by atoms with Gasteiger partial charge in [0.25, 0.3) is 11.8 Å². The summed E-state index contributed by atoms with van der Waals surface area (Å²) in [6.07, 6.45) is -5.61. The number of hydrogen-bond donors (Lipinski definition) is 2. The Morgan fingerprint density at radius 3 is 2.38 bits per heavy atom. The molecule has 0 aliphatic carbocycles. The molecule has 39 heavy (non-hydrogen) atoms. The molecule has 0 aliphatic rings. The van der Waals surface area contributed by atoms with Gasteiger partial charge in [-0.25, -0.2) is 8.78 Å². The maximum Gasteiger partial charge on any atom is 0.422 e. The molecular formula is C24H23F5N4O4S2. The van der Waals surface area contributed by atoms with E-state index in [4.69, 9.17) is 4.74 Å². The number of amides is 2. The van der Waals surface area contributed by atoms with Gasteiger partial charge in [-0.3, -0.25) is 19.0 Å². The second-order valence-corrected chi connectivity index (χ2v) is 10.1. The third-order valence-corrected chi connectivity index (χ3v) is 7.28. The number of benzene rings is 1. The lowest BCUT2D eigenvalue weighted by molar-refractivity contribution is -0.151. The van der Waals surface area contributed by atoms with Gasteiger partial charge >= 0.3 is 12.1 Å². The molecule has 0 spiro atoms. The number of halogens is 5. The predicted molar refractivity (Wildman–Crippen MR) is 135 cm³/mol. The Hall–Kier alpha value is -3.59. The molecule has 0 aliphatic heterocycles. The molecule has 2 heterocycles. The summed E-state index contributed by atoms with van der Waals surface area (Å²) in [6, 6.07) is 1.29. The molecule has 0 unspecified atom stereocenters. The summed E-state index contributed by atoms with van der Waals surface area (Å²) >= 11 is 1.98. The molecule has 3 aromatic rings. The predicted octanol–water partition coefficient (Wildman–Crippen LogP) is 4.80. The average molecular weight is 591 g/mol. The van der Waals surface area contributed by atoms with E-state index in [-0.39, 0.29) is 22.5 Å². The van der Waals surface area contributed by atoms with E-state index in [0.29, 0.717) is 16.6 Å². The minimum atomic E-state index is -5.31. The Morgan fingerprint density at radius 1 is 1.10 bits per heavy atom. The van der Waals surface area contributed by atoms with Crippen molar-refractivity contribution in [3.05, 3.63) is 56.0 Å². The summed E-state index contributed by atoms with van der Waals surface area (Å²) in [5.74, 6) is -6.04. The number of aromatic nitrogens is 1. The third-order valence-electron chi connectivity index (χ3n) is 5.37. The van der Waals surface area contributed by atoms with Crippen molar-refractivity contribution in [2.24, 2.45) is 10.9 Å². The summed E-state index contributed by atoms with van der Waals surface area (Å²) < 4.78 is 75.0. The quantitative estimate of drug-likeness (QED) is 0.290. The third kappa shape index (κ3) is 6.53. The van der Waals surface area contributed by atoms with Crippen molar-refractivity contribution >= 4 is 45.5 Å². The Balaban J connectivity index is 2.10. The minimum Gasteiger partial charge on any atom is -0.444 e. The highest BCUT2D eigenvalue weighted by atomic mass is 32.1. The van der Waals surface area contributed by atoms with E-state index < -0.39 is 59.4 Å². The SMILES string of the molecule is CNC(=O)c1c(CC(=O)N=c2scc(-c3ccc(F)c(C(F)(F)F)c3F)n2COC(=O)C(C)C)csc1NC. The van der Waals surface area contributed by atoms with E-state index in [1.54, 1.807) is 26.3 Å². The summed E-state index contributed by atoms with van der Waals surface area (Å²) in [7, 11) is 3.05. The number of rotatable bonds is 8. The Morgan fingerprint density at radius 2 is 1.79 bits per heavy atom. The van der Waals surface area contributed by atoms with Crippen LogP contribution in [-0.2, 0) is 33.7 Å². The fourth-order valence-corrected chi connectivity index (χ4v) is 5.28. The van der Waals surface area contributed by atoms with E-state index in [1.807, 2.05) is 0 Å². The highest BCUT2D eigenvalue weighted by Crippen LogP contribution is 2.37. The second kappa shape index (κ2) is 12.1. The molecule has 15 heteroatoms. The standard InChI is InChI=1S/C24H23F5N4O4S2/c1-11(2)22(36)37-10-33-15(13-5-6-14(25)18(19(13)26)24(27,28)29)9-39-23(33)32-16(34)7-12-8-38-21(31-4)17(12)20(35)30-3/h5-6,8-9,11,31H,7,10H2,1-4H3,(H,30,35). The topological polar surface area (TPSA) is 102 Å². The Kier molecular flexibility index (Phi) is 9.27. The van der Waals surface area contributed by atoms with Gasteiger partial charge in [-0.2, -0.15) is 18.2 Å². The van der Waals surface area contributed by atoms with Crippen molar-refractivity contribution in [2.75, 3.05) is 19.4 Å². The Labute approximate surface area is 227 Å². The molecule has 0 bridgehead atoms. The first-order valence-corrected chi connectivity index (χ1v) is 13.0. The molecule has 2 amide bonds. The lowest BCUT2D eigenvalue weighted by atomic mass is 10.1. The number of anilines is 1. The van der Waals surface area contributed by atoms with Crippen LogP contribution in [0.1, 0.15) is 35.3 Å². The lowest BCUT2D eigenvalue weighted by Gasteiger charge is -2.15. The minimum absolute atomic E-state index is 0.116. The van der Waals surface area contributed by atoms with Crippen molar-refractivity contribution in [1.82, 2.24) is 9.88 Å². The van der Waals surface area contributed by atoms with Gasteiger partial charge in [-0.05, 0) is 23.1 Å². The van der Waals surface area contributed by atoms with Crippen molar-refractivity contribution in [2.45, 2.75) is 33.2 Å². The van der Waals surface area contributed by atoms with Gasteiger partial charge in [0.05, 0.1) is 23.6 Å². The number of carbonyl (C=O) groups excluding carboxylic acids is 3. The number of hydrogen-bond acceptors (Lipinski definition) is 7. The lowest BCUT2D eigenvalue weighted by Crippen LogP contribution is -2.24. The van der Waals surface area contributed by atoms with Gasteiger partial charge < -0.3 is 15.4 Å². The van der Waals surface area contributed by atoms with Crippen LogP contribution in [0.5, 0.6) is 0 Å². The van der Waals surface area contributed by atoms with E-state index in [1.165, 1.54) is 23.8 Å². The number of thiophene rings is 1. The van der Waals surface area contributed by atoms with Gasteiger partial charge in [0.15, 0.2) is 11.5 Å². The molecule has 2 aromatic heterocycles. The number of nitrogens with zero attached hydrogens (tertiary/aromatic N) is 2. The summed E-state index contributed by atoms with van der Waals surface area (Å²) in [4.78, 5) is 41.1. The van der Waals surface area contributed by atoms with Gasteiger partial charge in [0, 0.05) is 25.0 Å². The molecule has 210 valence electrons. The largest absolute Gasteiger partial charge is 0.444 e. The smallest absolute Gasteiger partial charge is 0.422 e. The molecule has 8 nitrogen and oxygen atoms in total. The molecule has 2 N–H and O–H groups in total. The van der Waals surface area contributed by atoms with Crippen LogP contribution >= 0.6 is 22.7 Å². The Bertz CT molecular complexity index is 1470. The van der Waals surface area contributed by atoms with Gasteiger partial charge in [-0.1, -0.05) is 13.8 Å². The normalized spacial score (nSPS) is 12.1. The van der Waals surface area contributed by atoms with Crippen LogP contribution in [0.15, 0.2) is 27.9 Å². The molecule has 0 saturated heterocycles. The van der Waals surface area contributed by atoms with Crippen LogP contribution in [-0.4, -0.2) is 36.4 Å². The molecule has 3 rings (SSSR count). The first-order chi connectivity index (χ1) is 18.3. The van der Waals surface area contributed by atoms with Crippen molar-refractivity contribution in [1.29, 1.82) is 0 Å². The number of alkyl halides is 3. The van der Waals surface area contributed by atoms with Crippen molar-refractivity contribution in [3.8, 4) is 11.3 Å². The highest BCUT2D eigenvalue weighted by molar-refractivity contribution is 7.14.